The van der Waals surface area contributed by atoms with Crippen molar-refractivity contribution in [1.82, 2.24) is 0 Å². The highest BCUT2D eigenvalue weighted by atomic mass is 127. The number of fused-ring (bicyclic) bond motifs is 1. The van der Waals surface area contributed by atoms with Gasteiger partial charge in [0.2, 0.25) is 0 Å². The van der Waals surface area contributed by atoms with E-state index in [0.717, 1.165) is 14.7 Å². The smallest absolute Gasteiger partial charge is 0.185 e. The maximum atomic E-state index is 12.5. The molecule has 0 bridgehead atoms. The fourth-order valence-corrected chi connectivity index (χ4v) is 4.35. The van der Waals surface area contributed by atoms with Gasteiger partial charge in [-0.3, -0.25) is 4.79 Å². The van der Waals surface area contributed by atoms with Crippen LogP contribution in [-0.2, 0) is 6.61 Å². The summed E-state index contributed by atoms with van der Waals surface area (Å²) < 4.78 is 17.8. The zero-order valence-corrected chi connectivity index (χ0v) is 20.5. The lowest BCUT2D eigenvalue weighted by Crippen LogP contribution is -2.01. The molecule has 5 heteroatoms. The number of ether oxygens (including phenoxy) is 3. The maximum absolute atomic E-state index is 12.5. The number of hydrogen-bond acceptors (Lipinski definition) is 4. The maximum Gasteiger partial charge on any atom is 0.185 e. The first-order valence-electron chi connectivity index (χ1n) is 10.4. The van der Waals surface area contributed by atoms with Crippen LogP contribution in [0.25, 0.3) is 16.8 Å². The molecule has 0 N–H and O–H groups in total. The van der Waals surface area contributed by atoms with Gasteiger partial charge >= 0.3 is 0 Å². The van der Waals surface area contributed by atoms with Crippen LogP contribution in [0.2, 0.25) is 0 Å². The molecule has 4 nitrogen and oxygen atoms in total. The molecule has 0 aromatic heterocycles. The highest BCUT2D eigenvalue weighted by Crippen LogP contribution is 2.35. The van der Waals surface area contributed by atoms with E-state index in [-0.39, 0.29) is 5.78 Å². The largest absolute Gasteiger partial charge is 0.497 e. The second-order valence-electron chi connectivity index (χ2n) is 7.39. The third-order valence-corrected chi connectivity index (χ3v) is 6.11. The number of ketones is 1. The molecule has 0 aliphatic carbocycles. The van der Waals surface area contributed by atoms with Crippen LogP contribution >= 0.6 is 22.6 Å². The summed E-state index contributed by atoms with van der Waals surface area (Å²) in [5.74, 6) is 1.94. The molecule has 0 radical (unpaired) electrons. The quantitative estimate of drug-likeness (QED) is 0.136. The lowest BCUT2D eigenvalue weighted by molar-refractivity contribution is 0.104. The Morgan fingerprint density at radius 1 is 0.909 bits per heavy atom. The summed E-state index contributed by atoms with van der Waals surface area (Å²) in [6.45, 7) is 0.429. The summed E-state index contributed by atoms with van der Waals surface area (Å²) in [6.07, 6.45) is 3.34. The normalized spacial score (nSPS) is 11.0. The van der Waals surface area contributed by atoms with Crippen molar-refractivity contribution in [3.05, 3.63) is 105 Å². The first-order valence-corrected chi connectivity index (χ1v) is 11.5. The van der Waals surface area contributed by atoms with E-state index in [1.54, 1.807) is 50.6 Å². The average molecular weight is 550 g/mol. The number of halogens is 1. The molecular formula is C28H23IO4. The first kappa shape index (κ1) is 22.9. The molecule has 0 atom stereocenters. The molecule has 4 aromatic carbocycles. The molecule has 4 rings (SSSR count). The van der Waals surface area contributed by atoms with Crippen molar-refractivity contribution in [2.75, 3.05) is 14.2 Å². The fourth-order valence-electron chi connectivity index (χ4n) is 3.57. The Morgan fingerprint density at radius 3 is 2.42 bits per heavy atom. The molecule has 0 aliphatic rings. The van der Waals surface area contributed by atoms with Gasteiger partial charge in [-0.2, -0.15) is 0 Å². The molecule has 0 heterocycles. The van der Waals surface area contributed by atoms with Crippen LogP contribution in [-0.4, -0.2) is 20.0 Å². The van der Waals surface area contributed by atoms with Gasteiger partial charge < -0.3 is 14.2 Å². The van der Waals surface area contributed by atoms with Gasteiger partial charge in [-0.1, -0.05) is 48.5 Å². The molecule has 0 saturated heterocycles. The second kappa shape index (κ2) is 10.5. The monoisotopic (exact) mass is 550 g/mol. The van der Waals surface area contributed by atoms with Crippen molar-refractivity contribution in [2.45, 2.75) is 6.61 Å². The van der Waals surface area contributed by atoms with Crippen LogP contribution < -0.4 is 14.2 Å². The molecule has 0 unspecified atom stereocenters. The molecule has 4 aromatic rings. The number of hydrogen-bond donors (Lipinski definition) is 0. The molecule has 0 saturated carbocycles. The van der Waals surface area contributed by atoms with E-state index < -0.39 is 0 Å². The highest BCUT2D eigenvalue weighted by molar-refractivity contribution is 14.1. The van der Waals surface area contributed by atoms with Gasteiger partial charge in [0.25, 0.3) is 0 Å². The predicted octanol–water partition coefficient (Wildman–Crippen LogP) is 6.94. The van der Waals surface area contributed by atoms with Gasteiger partial charge in [-0.25, -0.2) is 0 Å². The van der Waals surface area contributed by atoms with E-state index in [2.05, 4.69) is 46.9 Å². The number of methoxy groups -OCH3 is 2. The Balaban J connectivity index is 1.52. The van der Waals surface area contributed by atoms with Crippen molar-refractivity contribution in [3.8, 4) is 17.2 Å². The number of allylic oxidation sites excluding steroid dienone is 1. The summed E-state index contributed by atoms with van der Waals surface area (Å²) in [7, 11) is 3.22. The molecule has 33 heavy (non-hydrogen) atoms. The van der Waals surface area contributed by atoms with Crippen molar-refractivity contribution in [1.29, 1.82) is 0 Å². The second-order valence-corrected chi connectivity index (χ2v) is 8.55. The summed E-state index contributed by atoms with van der Waals surface area (Å²) in [4.78, 5) is 12.5. The average Bonchev–Trinajstić information content (AvgIpc) is 2.86. The first-order chi connectivity index (χ1) is 16.1. The van der Waals surface area contributed by atoms with Gasteiger partial charge in [0.05, 0.1) is 17.8 Å². The zero-order valence-electron chi connectivity index (χ0n) is 18.4. The Bertz CT molecular complexity index is 1300. The van der Waals surface area contributed by atoms with Crippen LogP contribution in [0.3, 0.4) is 0 Å². The molecule has 0 amide bonds. The van der Waals surface area contributed by atoms with Crippen molar-refractivity contribution >= 4 is 45.2 Å². The van der Waals surface area contributed by atoms with Gasteiger partial charge in [0.15, 0.2) is 17.3 Å². The topological polar surface area (TPSA) is 44.8 Å². The van der Waals surface area contributed by atoms with Crippen LogP contribution in [0.1, 0.15) is 21.5 Å². The molecule has 0 fully saturated rings. The van der Waals surface area contributed by atoms with Crippen molar-refractivity contribution in [3.63, 3.8) is 0 Å². The number of carbonyl (C=O) groups is 1. The SMILES string of the molecule is COc1ccc(C(=O)/C=C/c2cc(I)c(OCc3cccc4ccccc34)c(OC)c2)cc1. The number of benzene rings is 4. The summed E-state index contributed by atoms with van der Waals surface area (Å²) in [6, 6.07) is 25.4. The van der Waals surface area contributed by atoms with Gasteiger partial charge in [-0.15, -0.1) is 0 Å². The minimum atomic E-state index is -0.0806. The van der Waals surface area contributed by atoms with Crippen LogP contribution in [0.4, 0.5) is 0 Å². The van der Waals surface area contributed by atoms with Crippen LogP contribution in [0, 0.1) is 3.57 Å². The predicted molar refractivity (Wildman–Crippen MR) is 140 cm³/mol. The third kappa shape index (κ3) is 5.37. The van der Waals surface area contributed by atoms with E-state index >= 15 is 0 Å². The third-order valence-electron chi connectivity index (χ3n) is 5.31. The van der Waals surface area contributed by atoms with E-state index in [9.17, 15) is 4.79 Å². The lowest BCUT2D eigenvalue weighted by Gasteiger charge is -2.14. The Kier molecular flexibility index (Phi) is 7.29. The Hall–Kier alpha value is -3.32. The molecule has 0 spiro atoms. The van der Waals surface area contributed by atoms with Crippen molar-refractivity contribution in [2.24, 2.45) is 0 Å². The van der Waals surface area contributed by atoms with E-state index in [4.69, 9.17) is 14.2 Å². The van der Waals surface area contributed by atoms with Crippen LogP contribution in [0.15, 0.2) is 84.9 Å². The van der Waals surface area contributed by atoms with Crippen LogP contribution in [0.5, 0.6) is 17.2 Å². The highest BCUT2D eigenvalue weighted by Gasteiger charge is 2.12. The summed E-state index contributed by atoms with van der Waals surface area (Å²) in [5.41, 5.74) is 2.57. The minimum absolute atomic E-state index is 0.0806. The van der Waals surface area contributed by atoms with Gasteiger partial charge in [0, 0.05) is 5.56 Å². The summed E-state index contributed by atoms with van der Waals surface area (Å²) in [5, 5.41) is 2.35. The van der Waals surface area contributed by atoms with E-state index in [1.807, 2.05) is 30.3 Å². The fraction of sp³-hybridized carbons (Fsp3) is 0.107. The van der Waals surface area contributed by atoms with Gasteiger partial charge in [-0.05, 0) is 87.0 Å². The van der Waals surface area contributed by atoms with Crippen molar-refractivity contribution < 1.29 is 19.0 Å². The zero-order chi connectivity index (χ0) is 23.2. The summed E-state index contributed by atoms with van der Waals surface area (Å²) >= 11 is 2.23. The lowest BCUT2D eigenvalue weighted by atomic mass is 10.1. The number of carbonyl (C=O) groups excluding carboxylic acids is 1. The molecular weight excluding hydrogens is 527 g/mol. The molecule has 0 aliphatic heterocycles. The van der Waals surface area contributed by atoms with Gasteiger partial charge in [0.1, 0.15) is 12.4 Å². The Labute approximate surface area is 206 Å². The molecule has 166 valence electrons. The minimum Gasteiger partial charge on any atom is -0.497 e. The number of rotatable bonds is 8. The Morgan fingerprint density at radius 2 is 1.67 bits per heavy atom. The van der Waals surface area contributed by atoms with E-state index in [1.165, 1.54) is 10.8 Å². The van der Waals surface area contributed by atoms with E-state index in [0.29, 0.717) is 29.4 Å². The standard InChI is InChI=1S/C28H23IO4/c1-31-23-13-11-21(12-14-23)26(30)15-10-19-16-25(29)28(27(17-19)32-2)33-18-22-8-5-7-20-6-3-4-9-24(20)22/h3-17H,18H2,1-2H3/b15-10+.